The molecular weight excluding hydrogens is 298 g/mol. The molecule has 1 rings (SSSR count). The monoisotopic (exact) mass is 325 g/mol. The molecule has 0 aromatic heterocycles. The molecule has 1 aromatic carbocycles. The molecule has 6 heteroatoms. The lowest BCUT2D eigenvalue weighted by molar-refractivity contribution is -0.159. The van der Waals surface area contributed by atoms with Crippen molar-refractivity contribution in [2.75, 3.05) is 26.2 Å². The SMILES string of the molecule is CCN(CC)CCOc1ccccc1C(C)C.O=C(O)C(=O)O. The van der Waals surface area contributed by atoms with Crippen molar-refractivity contribution in [1.82, 2.24) is 4.90 Å². The number of hydrogen-bond acceptors (Lipinski definition) is 4. The van der Waals surface area contributed by atoms with E-state index < -0.39 is 11.9 Å². The second-order valence-electron chi connectivity index (χ2n) is 5.18. The highest BCUT2D eigenvalue weighted by atomic mass is 16.5. The van der Waals surface area contributed by atoms with Crippen LogP contribution in [-0.2, 0) is 9.59 Å². The number of nitrogens with zero attached hydrogens (tertiary/aromatic N) is 1. The second-order valence-corrected chi connectivity index (χ2v) is 5.18. The number of rotatable bonds is 7. The fourth-order valence-electron chi connectivity index (χ4n) is 1.91. The van der Waals surface area contributed by atoms with Gasteiger partial charge in [-0.2, -0.15) is 0 Å². The molecule has 0 aliphatic carbocycles. The van der Waals surface area contributed by atoms with Gasteiger partial charge in [0.1, 0.15) is 12.4 Å². The maximum Gasteiger partial charge on any atom is 0.414 e. The van der Waals surface area contributed by atoms with Crippen molar-refractivity contribution in [1.29, 1.82) is 0 Å². The first-order chi connectivity index (χ1) is 10.8. The molecular formula is C17H27NO5. The van der Waals surface area contributed by atoms with Crippen molar-refractivity contribution in [2.24, 2.45) is 0 Å². The number of carbonyl (C=O) groups is 2. The van der Waals surface area contributed by atoms with Crippen LogP contribution in [0.2, 0.25) is 0 Å². The van der Waals surface area contributed by atoms with E-state index in [1.54, 1.807) is 0 Å². The summed E-state index contributed by atoms with van der Waals surface area (Å²) in [4.78, 5) is 20.6. The summed E-state index contributed by atoms with van der Waals surface area (Å²) in [5, 5.41) is 14.8. The molecule has 2 N–H and O–H groups in total. The lowest BCUT2D eigenvalue weighted by Gasteiger charge is -2.19. The van der Waals surface area contributed by atoms with Crippen molar-refractivity contribution >= 4 is 11.9 Å². The van der Waals surface area contributed by atoms with Gasteiger partial charge in [-0.15, -0.1) is 0 Å². The van der Waals surface area contributed by atoms with Crippen LogP contribution in [0.3, 0.4) is 0 Å². The highest BCUT2D eigenvalue weighted by molar-refractivity contribution is 6.27. The summed E-state index contributed by atoms with van der Waals surface area (Å²) in [5.74, 6) is -2.10. The van der Waals surface area contributed by atoms with Crippen molar-refractivity contribution < 1.29 is 24.5 Å². The van der Waals surface area contributed by atoms with Crippen LogP contribution in [-0.4, -0.2) is 53.3 Å². The smallest absolute Gasteiger partial charge is 0.414 e. The molecule has 0 spiro atoms. The van der Waals surface area contributed by atoms with Gasteiger partial charge >= 0.3 is 11.9 Å². The number of benzene rings is 1. The Hall–Kier alpha value is -2.08. The fraction of sp³-hybridized carbons (Fsp3) is 0.529. The molecule has 0 aliphatic rings. The summed E-state index contributed by atoms with van der Waals surface area (Å²) in [5.41, 5.74) is 1.30. The average Bonchev–Trinajstić information content (AvgIpc) is 2.52. The molecule has 6 nitrogen and oxygen atoms in total. The second kappa shape index (κ2) is 11.5. The van der Waals surface area contributed by atoms with Gasteiger partial charge in [-0.1, -0.05) is 45.9 Å². The van der Waals surface area contributed by atoms with E-state index in [0.29, 0.717) is 5.92 Å². The van der Waals surface area contributed by atoms with E-state index in [0.717, 1.165) is 32.0 Å². The van der Waals surface area contributed by atoms with Crippen LogP contribution in [0, 0.1) is 0 Å². The first-order valence-corrected chi connectivity index (χ1v) is 7.73. The first kappa shape index (κ1) is 20.9. The van der Waals surface area contributed by atoms with E-state index >= 15 is 0 Å². The topological polar surface area (TPSA) is 87.1 Å². The van der Waals surface area contributed by atoms with Crippen molar-refractivity contribution in [2.45, 2.75) is 33.6 Å². The molecule has 0 amide bonds. The summed E-state index contributed by atoms with van der Waals surface area (Å²) in [6.07, 6.45) is 0. The number of ether oxygens (including phenoxy) is 1. The van der Waals surface area contributed by atoms with Crippen LogP contribution in [0.25, 0.3) is 0 Å². The number of aliphatic carboxylic acids is 2. The summed E-state index contributed by atoms with van der Waals surface area (Å²) in [6, 6.07) is 8.33. The van der Waals surface area contributed by atoms with Gasteiger partial charge < -0.3 is 19.8 Å². The minimum Gasteiger partial charge on any atom is -0.492 e. The van der Waals surface area contributed by atoms with Crippen LogP contribution in [0.4, 0.5) is 0 Å². The Kier molecular flexibility index (Phi) is 10.4. The van der Waals surface area contributed by atoms with Gasteiger partial charge in [-0.25, -0.2) is 9.59 Å². The Morgan fingerprint density at radius 2 is 1.61 bits per heavy atom. The third-order valence-corrected chi connectivity index (χ3v) is 3.28. The van der Waals surface area contributed by atoms with Crippen molar-refractivity contribution in [3.63, 3.8) is 0 Å². The summed E-state index contributed by atoms with van der Waals surface area (Å²) in [7, 11) is 0. The van der Waals surface area contributed by atoms with Crippen LogP contribution >= 0.6 is 0 Å². The lowest BCUT2D eigenvalue weighted by Crippen LogP contribution is -2.28. The highest BCUT2D eigenvalue weighted by Gasteiger charge is 2.07. The zero-order valence-electron chi connectivity index (χ0n) is 14.3. The molecule has 0 saturated carbocycles. The normalized spacial score (nSPS) is 10.2. The van der Waals surface area contributed by atoms with Crippen LogP contribution < -0.4 is 4.74 Å². The number of carboxylic acid groups (broad SMARTS) is 2. The van der Waals surface area contributed by atoms with Gasteiger partial charge in [-0.05, 0) is 30.6 Å². The van der Waals surface area contributed by atoms with Crippen molar-refractivity contribution in [3.8, 4) is 5.75 Å². The van der Waals surface area contributed by atoms with Gasteiger partial charge in [0.2, 0.25) is 0 Å². The molecule has 0 heterocycles. The predicted octanol–water partition coefficient (Wildman–Crippen LogP) is 2.69. The highest BCUT2D eigenvalue weighted by Crippen LogP contribution is 2.25. The molecule has 0 unspecified atom stereocenters. The minimum absolute atomic E-state index is 0.514. The van der Waals surface area contributed by atoms with E-state index in [9.17, 15) is 0 Å². The molecule has 0 radical (unpaired) electrons. The minimum atomic E-state index is -1.82. The Morgan fingerprint density at radius 3 is 2.04 bits per heavy atom. The Balaban J connectivity index is 0.000000688. The summed E-state index contributed by atoms with van der Waals surface area (Å²) < 4.78 is 5.89. The summed E-state index contributed by atoms with van der Waals surface area (Å²) >= 11 is 0. The van der Waals surface area contributed by atoms with Crippen LogP contribution in [0.1, 0.15) is 39.2 Å². The molecule has 0 bridgehead atoms. The quantitative estimate of drug-likeness (QED) is 0.750. The zero-order valence-corrected chi connectivity index (χ0v) is 14.3. The third kappa shape index (κ3) is 8.83. The van der Waals surface area contributed by atoms with E-state index in [2.05, 4.69) is 50.8 Å². The standard InChI is InChI=1S/C15H25NO.C2H2O4/c1-5-16(6-2)11-12-17-15-10-8-7-9-14(15)13(3)4;3-1(4)2(5)6/h7-10,13H,5-6,11-12H2,1-4H3;(H,3,4)(H,5,6). The van der Waals surface area contributed by atoms with Gasteiger partial charge in [-0.3, -0.25) is 0 Å². The maximum absolute atomic E-state index is 9.10. The molecule has 1 aromatic rings. The maximum atomic E-state index is 9.10. The average molecular weight is 325 g/mol. The van der Waals surface area contributed by atoms with E-state index in [1.165, 1.54) is 5.56 Å². The number of hydrogen-bond donors (Lipinski definition) is 2. The van der Waals surface area contributed by atoms with Crippen molar-refractivity contribution in [3.05, 3.63) is 29.8 Å². The van der Waals surface area contributed by atoms with E-state index in [4.69, 9.17) is 24.5 Å². The predicted molar refractivity (Wildman–Crippen MR) is 89.1 cm³/mol. The first-order valence-electron chi connectivity index (χ1n) is 7.73. The van der Waals surface area contributed by atoms with Gasteiger partial charge in [0, 0.05) is 6.54 Å². The molecule has 0 saturated heterocycles. The lowest BCUT2D eigenvalue weighted by atomic mass is 10.0. The fourth-order valence-corrected chi connectivity index (χ4v) is 1.91. The Morgan fingerprint density at radius 1 is 1.09 bits per heavy atom. The number of para-hydroxylation sites is 1. The van der Waals surface area contributed by atoms with Crippen LogP contribution in [0.15, 0.2) is 24.3 Å². The largest absolute Gasteiger partial charge is 0.492 e. The molecule has 23 heavy (non-hydrogen) atoms. The van der Waals surface area contributed by atoms with Crippen LogP contribution in [0.5, 0.6) is 5.75 Å². The Labute approximate surface area is 137 Å². The number of likely N-dealkylation sites (N-methyl/N-ethyl adjacent to an activating group) is 1. The number of carboxylic acids is 2. The Bertz CT molecular complexity index is 472. The molecule has 0 fully saturated rings. The van der Waals surface area contributed by atoms with Gasteiger partial charge in [0.15, 0.2) is 0 Å². The molecule has 130 valence electrons. The van der Waals surface area contributed by atoms with E-state index in [-0.39, 0.29) is 0 Å². The molecule has 0 aliphatic heterocycles. The zero-order chi connectivity index (χ0) is 17.8. The molecule has 0 atom stereocenters. The van der Waals surface area contributed by atoms with Gasteiger partial charge in [0.25, 0.3) is 0 Å². The third-order valence-electron chi connectivity index (χ3n) is 3.28. The van der Waals surface area contributed by atoms with Gasteiger partial charge in [0.05, 0.1) is 0 Å². The summed E-state index contributed by atoms with van der Waals surface area (Å²) in [6.45, 7) is 12.7. The van der Waals surface area contributed by atoms with E-state index in [1.807, 2.05) is 6.07 Å².